The minimum absolute atomic E-state index is 0.0157. The van der Waals surface area contributed by atoms with Gasteiger partial charge in [-0.3, -0.25) is 0 Å². The van der Waals surface area contributed by atoms with Crippen LogP contribution in [0.15, 0.2) is 47.1 Å². The minimum Gasteiger partial charge on any atom is -0.385 e. The molecule has 1 aliphatic carbocycles. The largest absolute Gasteiger partial charge is 0.385 e. The fraction of sp³-hybridized carbons (Fsp3) is 0.733. The number of aliphatic hydroxyl groups is 1. The summed E-state index contributed by atoms with van der Waals surface area (Å²) >= 11 is 0. The van der Waals surface area contributed by atoms with E-state index < -0.39 is 11.2 Å². The van der Waals surface area contributed by atoms with Crippen LogP contribution in [0.1, 0.15) is 93.4 Å². The molecule has 0 spiro atoms. The highest BCUT2D eigenvalue weighted by atomic mass is 16.7. The Bertz CT molecular complexity index is 790. The van der Waals surface area contributed by atoms with Crippen molar-refractivity contribution >= 4 is 0 Å². The molecule has 5 atom stereocenters. The average molecular weight is 475 g/mol. The maximum atomic E-state index is 11.6. The number of allylic oxidation sites excluding steroid dienone is 5. The molecule has 1 aliphatic heterocycles. The number of ether oxygens (including phenoxy) is 3. The van der Waals surface area contributed by atoms with E-state index in [0.717, 1.165) is 44.1 Å². The van der Waals surface area contributed by atoms with E-state index in [2.05, 4.69) is 66.3 Å². The molecule has 2 rings (SSSR count). The monoisotopic (exact) mass is 474 g/mol. The summed E-state index contributed by atoms with van der Waals surface area (Å²) in [5, 5.41) is 11.6. The number of fused-ring (bicyclic) bond motifs is 1. The second-order valence-electron chi connectivity index (χ2n) is 11.5. The van der Waals surface area contributed by atoms with E-state index in [1.54, 1.807) is 7.11 Å². The first-order valence-corrected chi connectivity index (χ1v) is 13.0. The summed E-state index contributed by atoms with van der Waals surface area (Å²) in [4.78, 5) is 0. The Balaban J connectivity index is 2.11. The van der Waals surface area contributed by atoms with Crippen LogP contribution in [0.3, 0.4) is 0 Å². The highest BCUT2D eigenvalue weighted by molar-refractivity contribution is 5.23. The van der Waals surface area contributed by atoms with Gasteiger partial charge in [0, 0.05) is 18.4 Å². The third-order valence-electron chi connectivity index (χ3n) is 8.47. The summed E-state index contributed by atoms with van der Waals surface area (Å²) in [5.41, 5.74) is 3.43. The molecular formula is C30H50O4. The first kappa shape index (κ1) is 29.0. The van der Waals surface area contributed by atoms with Crippen LogP contribution in [0.4, 0.5) is 0 Å². The lowest BCUT2D eigenvalue weighted by Crippen LogP contribution is -2.66. The van der Waals surface area contributed by atoms with Crippen molar-refractivity contribution in [3.05, 3.63) is 47.1 Å². The standard InChI is InChI=1S/C30H50O4/c1-22(2)12-10-13-24(5)14-11-15-25(6)18-26-19-28(7)27(20-33-26)30(31,23(3)4)17-16-29(28,8)34-21-32-9/h12,14,18,26-27,31H,3,10-11,13,15-17,19-21H2,1-2,4-9H3/b24-14+,25-18+/t26-,27-,28+,29+,30+/m1/s1. The molecule has 0 aromatic heterocycles. The molecule has 0 unspecified atom stereocenters. The first-order chi connectivity index (χ1) is 15.9. The molecule has 0 radical (unpaired) electrons. The molecule has 194 valence electrons. The van der Waals surface area contributed by atoms with Crippen molar-refractivity contribution in [3.8, 4) is 0 Å². The van der Waals surface area contributed by atoms with Crippen LogP contribution in [0.2, 0.25) is 0 Å². The molecule has 1 saturated heterocycles. The molecule has 0 amide bonds. The van der Waals surface area contributed by atoms with Gasteiger partial charge in [0.15, 0.2) is 0 Å². The number of methoxy groups -OCH3 is 1. The van der Waals surface area contributed by atoms with E-state index in [4.69, 9.17) is 14.2 Å². The number of hydrogen-bond acceptors (Lipinski definition) is 4. The molecule has 0 aromatic rings. The summed E-state index contributed by atoms with van der Waals surface area (Å²) in [7, 11) is 1.66. The van der Waals surface area contributed by atoms with Gasteiger partial charge in [0.05, 0.1) is 23.9 Å². The van der Waals surface area contributed by atoms with Crippen LogP contribution in [-0.4, -0.2) is 42.9 Å². The van der Waals surface area contributed by atoms with Crippen LogP contribution in [0.25, 0.3) is 0 Å². The Hall–Kier alpha value is -1.20. The zero-order valence-electron chi connectivity index (χ0n) is 23.1. The lowest BCUT2D eigenvalue weighted by Gasteiger charge is -2.62. The van der Waals surface area contributed by atoms with Crippen molar-refractivity contribution < 1.29 is 19.3 Å². The lowest BCUT2D eigenvalue weighted by atomic mass is 9.50. The molecule has 34 heavy (non-hydrogen) atoms. The van der Waals surface area contributed by atoms with Gasteiger partial charge in [-0.2, -0.15) is 0 Å². The molecule has 1 heterocycles. The molecule has 4 nitrogen and oxygen atoms in total. The normalized spacial score (nSPS) is 34.5. The number of hydrogen-bond donors (Lipinski definition) is 1. The minimum atomic E-state index is -0.928. The zero-order chi connectivity index (χ0) is 25.6. The zero-order valence-corrected chi connectivity index (χ0v) is 23.1. The quantitative estimate of drug-likeness (QED) is 0.252. The van der Waals surface area contributed by atoms with E-state index in [9.17, 15) is 5.11 Å². The Labute approximate surface area is 209 Å². The van der Waals surface area contributed by atoms with Crippen LogP contribution < -0.4 is 0 Å². The second kappa shape index (κ2) is 12.2. The van der Waals surface area contributed by atoms with Gasteiger partial charge in [-0.1, -0.05) is 48.5 Å². The third kappa shape index (κ3) is 6.72. The van der Waals surface area contributed by atoms with Crippen molar-refractivity contribution in [2.45, 2.75) is 111 Å². The Morgan fingerprint density at radius 2 is 1.68 bits per heavy atom. The maximum Gasteiger partial charge on any atom is 0.147 e. The third-order valence-corrected chi connectivity index (χ3v) is 8.47. The maximum absolute atomic E-state index is 11.6. The van der Waals surface area contributed by atoms with Gasteiger partial charge in [-0.15, -0.1) is 0 Å². The van der Waals surface area contributed by atoms with Gasteiger partial charge in [0.1, 0.15) is 6.79 Å². The highest BCUT2D eigenvalue weighted by Gasteiger charge is 2.63. The second-order valence-corrected chi connectivity index (χ2v) is 11.5. The van der Waals surface area contributed by atoms with Crippen LogP contribution in [-0.2, 0) is 14.2 Å². The Morgan fingerprint density at radius 1 is 1.03 bits per heavy atom. The Morgan fingerprint density at radius 3 is 2.29 bits per heavy atom. The summed E-state index contributed by atoms with van der Waals surface area (Å²) in [6.07, 6.45) is 13.5. The topological polar surface area (TPSA) is 47.9 Å². The van der Waals surface area contributed by atoms with Crippen LogP contribution in [0, 0.1) is 11.3 Å². The van der Waals surface area contributed by atoms with Gasteiger partial charge < -0.3 is 19.3 Å². The van der Waals surface area contributed by atoms with E-state index in [0.29, 0.717) is 13.0 Å². The van der Waals surface area contributed by atoms with Crippen molar-refractivity contribution in [1.29, 1.82) is 0 Å². The van der Waals surface area contributed by atoms with Gasteiger partial charge >= 0.3 is 0 Å². The molecule has 2 fully saturated rings. The summed E-state index contributed by atoms with van der Waals surface area (Å²) in [6, 6.07) is 0. The van der Waals surface area contributed by atoms with Crippen molar-refractivity contribution in [1.82, 2.24) is 0 Å². The fourth-order valence-electron chi connectivity index (χ4n) is 5.84. The predicted octanol–water partition coefficient (Wildman–Crippen LogP) is 7.30. The summed E-state index contributed by atoms with van der Waals surface area (Å²) in [6.45, 7) is 20.0. The van der Waals surface area contributed by atoms with Crippen LogP contribution >= 0.6 is 0 Å². The molecule has 0 aromatic carbocycles. The van der Waals surface area contributed by atoms with Gasteiger partial charge in [0.25, 0.3) is 0 Å². The predicted molar refractivity (Wildman–Crippen MR) is 142 cm³/mol. The summed E-state index contributed by atoms with van der Waals surface area (Å²) < 4.78 is 17.9. The molecule has 1 saturated carbocycles. The van der Waals surface area contributed by atoms with E-state index in [1.807, 2.05) is 6.92 Å². The van der Waals surface area contributed by atoms with Crippen molar-refractivity contribution in [2.24, 2.45) is 11.3 Å². The Kier molecular flexibility index (Phi) is 10.4. The lowest BCUT2D eigenvalue weighted by molar-refractivity contribution is -0.273. The highest BCUT2D eigenvalue weighted by Crippen LogP contribution is 2.59. The van der Waals surface area contributed by atoms with Crippen molar-refractivity contribution in [2.75, 3.05) is 20.5 Å². The molecule has 0 bridgehead atoms. The number of rotatable bonds is 11. The molecule has 4 heteroatoms. The van der Waals surface area contributed by atoms with Crippen LogP contribution in [0.5, 0.6) is 0 Å². The molecule has 1 N–H and O–H groups in total. The average Bonchev–Trinajstić information content (AvgIpc) is 2.75. The fourth-order valence-corrected chi connectivity index (χ4v) is 5.84. The summed E-state index contributed by atoms with van der Waals surface area (Å²) in [5.74, 6) is -0.0653. The molecule has 2 aliphatic rings. The first-order valence-electron chi connectivity index (χ1n) is 13.0. The van der Waals surface area contributed by atoms with Crippen molar-refractivity contribution in [3.63, 3.8) is 0 Å². The smallest absolute Gasteiger partial charge is 0.147 e. The van der Waals surface area contributed by atoms with E-state index in [-0.39, 0.29) is 24.2 Å². The van der Waals surface area contributed by atoms with Gasteiger partial charge in [-0.05, 0) is 92.1 Å². The SMILES string of the molecule is C=C(C)[C@@]1(O)CC[C@](C)(OCOC)[C@@]2(C)C[C@@H](/C=C(\C)CC/C=C(\C)CCC=C(C)C)OC[C@H]21. The van der Waals surface area contributed by atoms with Gasteiger partial charge in [0.2, 0.25) is 0 Å². The van der Waals surface area contributed by atoms with E-state index in [1.165, 1.54) is 16.7 Å². The van der Waals surface area contributed by atoms with E-state index >= 15 is 0 Å². The van der Waals surface area contributed by atoms with Gasteiger partial charge in [-0.25, -0.2) is 0 Å². The molecular weight excluding hydrogens is 424 g/mol.